The van der Waals surface area contributed by atoms with Gasteiger partial charge in [0.2, 0.25) is 0 Å². The second-order valence-corrected chi connectivity index (χ2v) is 3.31. The summed E-state index contributed by atoms with van der Waals surface area (Å²) in [7, 11) is 0. The fraction of sp³-hybridized carbons (Fsp3) is 0.556. The number of aryl methyl sites for hydroxylation is 1. The highest BCUT2D eigenvalue weighted by atomic mass is 19.1. The maximum atomic E-state index is 11.9. The van der Waals surface area contributed by atoms with Gasteiger partial charge in [-0.15, -0.1) is 5.10 Å². The van der Waals surface area contributed by atoms with E-state index in [0.717, 1.165) is 0 Å². The summed E-state index contributed by atoms with van der Waals surface area (Å²) >= 11 is 0. The first-order chi connectivity index (χ1) is 7.61. The molecule has 0 fully saturated rings. The number of carboxylic acid groups (broad SMARTS) is 1. The maximum absolute atomic E-state index is 11.9. The Labute approximate surface area is 91.1 Å². The summed E-state index contributed by atoms with van der Waals surface area (Å²) in [5.41, 5.74) is 0.598. The Kier molecular flexibility index (Phi) is 4.56. The van der Waals surface area contributed by atoms with Gasteiger partial charge >= 0.3 is 5.97 Å². The van der Waals surface area contributed by atoms with E-state index in [4.69, 9.17) is 5.11 Å². The molecule has 0 aliphatic carbocycles. The second-order valence-electron chi connectivity index (χ2n) is 3.31. The van der Waals surface area contributed by atoms with Crippen molar-refractivity contribution < 1.29 is 19.1 Å². The molecule has 0 atom stereocenters. The summed E-state index contributed by atoms with van der Waals surface area (Å²) in [4.78, 5) is 21.4. The van der Waals surface area contributed by atoms with Gasteiger partial charge in [-0.3, -0.25) is 14.0 Å². The number of Topliss-reactive ketones (excluding diaryl/α,β-unsaturated/α-hetero) is 1. The number of nitrogens with zero attached hydrogens (tertiary/aromatic N) is 3. The SMILES string of the molecule is O=C(O)CC(=O)Cn1cc(CCCF)nn1. The molecule has 0 amide bonds. The standard InChI is InChI=1S/C9H12FN3O3/c10-3-1-2-7-5-13(12-11-7)6-8(14)4-9(15)16/h5H,1-4,6H2,(H,15,16). The topological polar surface area (TPSA) is 85.1 Å². The van der Waals surface area contributed by atoms with Gasteiger partial charge in [0.25, 0.3) is 0 Å². The average Bonchev–Trinajstić information content (AvgIpc) is 2.61. The van der Waals surface area contributed by atoms with E-state index in [1.807, 2.05) is 0 Å². The first-order valence-electron chi connectivity index (χ1n) is 4.80. The first-order valence-corrected chi connectivity index (χ1v) is 4.80. The Morgan fingerprint density at radius 1 is 1.50 bits per heavy atom. The van der Waals surface area contributed by atoms with Gasteiger partial charge < -0.3 is 5.11 Å². The van der Waals surface area contributed by atoms with Crippen LogP contribution in [-0.4, -0.2) is 38.5 Å². The van der Waals surface area contributed by atoms with E-state index in [-0.39, 0.29) is 6.54 Å². The number of carbonyl (C=O) groups excluding carboxylic acids is 1. The molecule has 0 bridgehead atoms. The Bertz CT molecular complexity index is 378. The van der Waals surface area contributed by atoms with Crippen molar-refractivity contribution in [3.8, 4) is 0 Å². The quantitative estimate of drug-likeness (QED) is 0.676. The van der Waals surface area contributed by atoms with Gasteiger partial charge in [-0.25, -0.2) is 4.68 Å². The number of carboxylic acids is 1. The molecule has 7 heteroatoms. The molecule has 0 saturated heterocycles. The van der Waals surface area contributed by atoms with E-state index in [9.17, 15) is 14.0 Å². The smallest absolute Gasteiger partial charge is 0.310 e. The molecule has 0 radical (unpaired) electrons. The van der Waals surface area contributed by atoms with Crippen LogP contribution in [0.3, 0.4) is 0 Å². The van der Waals surface area contributed by atoms with E-state index in [0.29, 0.717) is 18.5 Å². The minimum atomic E-state index is -1.16. The average molecular weight is 229 g/mol. The van der Waals surface area contributed by atoms with Crippen LogP contribution in [-0.2, 0) is 22.6 Å². The second kappa shape index (κ2) is 5.94. The fourth-order valence-electron chi connectivity index (χ4n) is 1.18. The third kappa shape index (κ3) is 4.16. The van der Waals surface area contributed by atoms with Crippen LogP contribution in [0, 0.1) is 0 Å². The lowest BCUT2D eigenvalue weighted by atomic mass is 10.2. The first kappa shape index (κ1) is 12.3. The molecular weight excluding hydrogens is 217 g/mol. The third-order valence-corrected chi connectivity index (χ3v) is 1.84. The number of ketones is 1. The zero-order valence-corrected chi connectivity index (χ0v) is 8.60. The lowest BCUT2D eigenvalue weighted by molar-refractivity contribution is -0.140. The highest BCUT2D eigenvalue weighted by Crippen LogP contribution is 1.99. The molecule has 1 rings (SSSR count). The van der Waals surface area contributed by atoms with Crippen molar-refractivity contribution in [2.24, 2.45) is 0 Å². The summed E-state index contributed by atoms with van der Waals surface area (Å²) in [5.74, 6) is -1.61. The van der Waals surface area contributed by atoms with Crippen LogP contribution in [0.1, 0.15) is 18.5 Å². The van der Waals surface area contributed by atoms with Crippen molar-refractivity contribution >= 4 is 11.8 Å². The van der Waals surface area contributed by atoms with E-state index in [1.165, 1.54) is 10.9 Å². The number of hydrogen-bond acceptors (Lipinski definition) is 4. The Hall–Kier alpha value is -1.79. The predicted molar refractivity (Wildman–Crippen MR) is 51.6 cm³/mol. The van der Waals surface area contributed by atoms with Crippen molar-refractivity contribution in [1.82, 2.24) is 15.0 Å². The predicted octanol–water partition coefficient (Wildman–Crippen LogP) is 0.224. The molecule has 0 aliphatic heterocycles. The largest absolute Gasteiger partial charge is 0.481 e. The number of aliphatic carboxylic acids is 1. The molecule has 88 valence electrons. The zero-order valence-electron chi connectivity index (χ0n) is 8.60. The van der Waals surface area contributed by atoms with Crippen molar-refractivity contribution in [2.45, 2.75) is 25.8 Å². The summed E-state index contributed by atoms with van der Waals surface area (Å²) in [6.07, 6.45) is 1.82. The Morgan fingerprint density at radius 3 is 2.88 bits per heavy atom. The molecule has 0 unspecified atom stereocenters. The lowest BCUT2D eigenvalue weighted by Gasteiger charge is -1.96. The van der Waals surface area contributed by atoms with Crippen LogP contribution < -0.4 is 0 Å². The molecular formula is C9H12FN3O3. The highest BCUT2D eigenvalue weighted by Gasteiger charge is 2.09. The molecule has 1 aromatic rings. The molecule has 0 aromatic carbocycles. The van der Waals surface area contributed by atoms with Crippen LogP contribution in [0.15, 0.2) is 6.20 Å². The normalized spacial score (nSPS) is 10.3. The molecule has 16 heavy (non-hydrogen) atoms. The van der Waals surface area contributed by atoms with Gasteiger partial charge in [0.15, 0.2) is 5.78 Å². The van der Waals surface area contributed by atoms with Gasteiger partial charge in [-0.05, 0) is 12.8 Å². The highest BCUT2D eigenvalue weighted by molar-refractivity contribution is 5.94. The van der Waals surface area contributed by atoms with Gasteiger partial charge in [0.05, 0.1) is 12.4 Å². The third-order valence-electron chi connectivity index (χ3n) is 1.84. The van der Waals surface area contributed by atoms with Crippen molar-refractivity contribution in [3.63, 3.8) is 0 Å². The van der Waals surface area contributed by atoms with Crippen molar-refractivity contribution in [3.05, 3.63) is 11.9 Å². The molecule has 0 aliphatic rings. The number of alkyl halides is 1. The maximum Gasteiger partial charge on any atom is 0.310 e. The fourth-order valence-corrected chi connectivity index (χ4v) is 1.18. The number of halogens is 1. The van der Waals surface area contributed by atoms with Crippen LogP contribution in [0.2, 0.25) is 0 Å². The van der Waals surface area contributed by atoms with E-state index in [1.54, 1.807) is 0 Å². The minimum absolute atomic E-state index is 0.116. The Balaban J connectivity index is 2.45. The molecule has 6 nitrogen and oxygen atoms in total. The Morgan fingerprint density at radius 2 is 2.25 bits per heavy atom. The molecule has 1 heterocycles. The number of aromatic nitrogens is 3. The molecule has 0 saturated carbocycles. The summed E-state index contributed by atoms with van der Waals surface area (Å²) in [6.45, 7) is -0.542. The van der Waals surface area contributed by atoms with Crippen LogP contribution in [0.5, 0.6) is 0 Å². The summed E-state index contributed by atoms with van der Waals surface area (Å²) in [5, 5.41) is 15.8. The van der Waals surface area contributed by atoms with Gasteiger partial charge in [-0.2, -0.15) is 0 Å². The van der Waals surface area contributed by atoms with Gasteiger partial charge in [0.1, 0.15) is 13.0 Å². The van der Waals surface area contributed by atoms with Gasteiger partial charge in [-0.1, -0.05) is 5.21 Å². The van der Waals surface area contributed by atoms with Gasteiger partial charge in [0, 0.05) is 6.20 Å². The van der Waals surface area contributed by atoms with E-state index >= 15 is 0 Å². The molecule has 1 N–H and O–H groups in total. The van der Waals surface area contributed by atoms with Crippen LogP contribution >= 0.6 is 0 Å². The minimum Gasteiger partial charge on any atom is -0.481 e. The zero-order chi connectivity index (χ0) is 12.0. The number of rotatable bonds is 7. The van der Waals surface area contributed by atoms with Crippen LogP contribution in [0.4, 0.5) is 4.39 Å². The van der Waals surface area contributed by atoms with Crippen LogP contribution in [0.25, 0.3) is 0 Å². The molecule has 0 spiro atoms. The number of hydrogen-bond donors (Lipinski definition) is 1. The van der Waals surface area contributed by atoms with E-state index in [2.05, 4.69) is 10.3 Å². The number of carbonyl (C=O) groups is 2. The monoisotopic (exact) mass is 229 g/mol. The van der Waals surface area contributed by atoms with Crippen molar-refractivity contribution in [2.75, 3.05) is 6.67 Å². The van der Waals surface area contributed by atoms with E-state index < -0.39 is 24.8 Å². The molecule has 1 aromatic heterocycles. The summed E-state index contributed by atoms with van der Waals surface area (Å²) < 4.78 is 13.1. The lowest BCUT2D eigenvalue weighted by Crippen LogP contribution is -2.14. The summed E-state index contributed by atoms with van der Waals surface area (Å²) in [6, 6.07) is 0. The van der Waals surface area contributed by atoms with Crippen molar-refractivity contribution in [1.29, 1.82) is 0 Å².